The van der Waals surface area contributed by atoms with Crippen molar-refractivity contribution in [3.05, 3.63) is 22.4 Å². The van der Waals surface area contributed by atoms with Gasteiger partial charge in [-0.15, -0.1) is 11.3 Å². The highest BCUT2D eigenvalue weighted by atomic mass is 32.1. The minimum Gasteiger partial charge on any atom is -0.377 e. The van der Waals surface area contributed by atoms with Crippen LogP contribution in [0.2, 0.25) is 0 Å². The molecule has 2 rings (SSSR count). The van der Waals surface area contributed by atoms with Gasteiger partial charge in [0.15, 0.2) is 0 Å². The van der Waals surface area contributed by atoms with Crippen molar-refractivity contribution in [2.24, 2.45) is 0 Å². The molecule has 0 aliphatic carbocycles. The van der Waals surface area contributed by atoms with Gasteiger partial charge in [-0.3, -0.25) is 0 Å². The molecule has 0 aromatic carbocycles. The second-order valence-corrected chi connectivity index (χ2v) is 5.84. The van der Waals surface area contributed by atoms with E-state index in [0.717, 1.165) is 32.7 Å². The normalized spacial score (nSPS) is 21.3. The highest BCUT2D eigenvalue weighted by molar-refractivity contribution is 7.09. The standard InChI is InChI=1S/C14H23NO2S/c1-12(10-15-11-13-4-2-7-17-13)16-8-6-14-5-3-9-18-14/h3,5,9,12-13,15H,2,4,6-8,10-11H2,1H3. The Hall–Kier alpha value is -0.420. The quantitative estimate of drug-likeness (QED) is 0.786. The lowest BCUT2D eigenvalue weighted by Gasteiger charge is -2.15. The van der Waals surface area contributed by atoms with Crippen molar-refractivity contribution in [1.29, 1.82) is 0 Å². The van der Waals surface area contributed by atoms with E-state index in [2.05, 4.69) is 29.8 Å². The average Bonchev–Trinajstić information content (AvgIpc) is 3.01. The summed E-state index contributed by atoms with van der Waals surface area (Å²) in [6.45, 7) is 5.72. The molecule has 1 aliphatic rings. The molecule has 1 saturated heterocycles. The second-order valence-electron chi connectivity index (χ2n) is 4.80. The fraction of sp³-hybridized carbons (Fsp3) is 0.714. The van der Waals surface area contributed by atoms with Gasteiger partial charge in [0.25, 0.3) is 0 Å². The molecule has 0 spiro atoms. The largest absolute Gasteiger partial charge is 0.377 e. The molecule has 0 amide bonds. The van der Waals surface area contributed by atoms with Gasteiger partial charge in [0.2, 0.25) is 0 Å². The van der Waals surface area contributed by atoms with Gasteiger partial charge in [-0.2, -0.15) is 0 Å². The smallest absolute Gasteiger partial charge is 0.0700 e. The van der Waals surface area contributed by atoms with Crippen LogP contribution in [0.4, 0.5) is 0 Å². The first-order chi connectivity index (χ1) is 8.84. The molecular formula is C14H23NO2S. The van der Waals surface area contributed by atoms with Gasteiger partial charge < -0.3 is 14.8 Å². The van der Waals surface area contributed by atoms with Crippen LogP contribution in [0.1, 0.15) is 24.6 Å². The third-order valence-electron chi connectivity index (χ3n) is 3.16. The number of nitrogens with one attached hydrogen (secondary N) is 1. The zero-order valence-corrected chi connectivity index (χ0v) is 11.9. The molecule has 0 saturated carbocycles. The molecule has 1 N–H and O–H groups in total. The molecule has 1 aliphatic heterocycles. The zero-order valence-electron chi connectivity index (χ0n) is 11.1. The van der Waals surface area contributed by atoms with Crippen LogP contribution in [0.3, 0.4) is 0 Å². The minimum atomic E-state index is 0.270. The van der Waals surface area contributed by atoms with Crippen molar-refractivity contribution in [2.75, 3.05) is 26.3 Å². The molecule has 18 heavy (non-hydrogen) atoms. The van der Waals surface area contributed by atoms with Crippen LogP contribution in [-0.2, 0) is 15.9 Å². The SMILES string of the molecule is CC(CNCC1CCCO1)OCCc1cccs1. The maximum Gasteiger partial charge on any atom is 0.0700 e. The molecule has 1 aromatic heterocycles. The van der Waals surface area contributed by atoms with Crippen molar-refractivity contribution in [3.63, 3.8) is 0 Å². The molecule has 4 heteroatoms. The highest BCUT2D eigenvalue weighted by Crippen LogP contribution is 2.11. The Bertz CT molecular complexity index is 310. The number of hydrogen-bond acceptors (Lipinski definition) is 4. The Morgan fingerprint density at radius 2 is 2.56 bits per heavy atom. The van der Waals surface area contributed by atoms with Crippen LogP contribution in [0, 0.1) is 0 Å². The molecule has 0 bridgehead atoms. The van der Waals surface area contributed by atoms with E-state index < -0.39 is 0 Å². The van der Waals surface area contributed by atoms with E-state index in [4.69, 9.17) is 9.47 Å². The summed E-state index contributed by atoms with van der Waals surface area (Å²) in [6, 6.07) is 4.25. The summed E-state index contributed by atoms with van der Waals surface area (Å²) >= 11 is 1.80. The number of ether oxygens (including phenoxy) is 2. The van der Waals surface area contributed by atoms with Gasteiger partial charge in [0.1, 0.15) is 0 Å². The lowest BCUT2D eigenvalue weighted by Crippen LogP contribution is -2.33. The van der Waals surface area contributed by atoms with Crippen molar-refractivity contribution in [2.45, 2.75) is 38.4 Å². The Balaban J connectivity index is 1.48. The van der Waals surface area contributed by atoms with Gasteiger partial charge >= 0.3 is 0 Å². The van der Waals surface area contributed by atoms with E-state index >= 15 is 0 Å². The monoisotopic (exact) mass is 269 g/mol. The van der Waals surface area contributed by atoms with Crippen LogP contribution in [0.15, 0.2) is 17.5 Å². The second kappa shape index (κ2) is 7.89. The highest BCUT2D eigenvalue weighted by Gasteiger charge is 2.14. The topological polar surface area (TPSA) is 30.5 Å². The summed E-state index contributed by atoms with van der Waals surface area (Å²) in [6.07, 6.45) is 4.11. The third-order valence-corrected chi connectivity index (χ3v) is 4.09. The average molecular weight is 269 g/mol. The van der Waals surface area contributed by atoms with Crippen LogP contribution in [0.5, 0.6) is 0 Å². The first-order valence-electron chi connectivity index (χ1n) is 6.81. The lowest BCUT2D eigenvalue weighted by molar-refractivity contribution is 0.0621. The maximum atomic E-state index is 5.78. The molecule has 1 aromatic rings. The Labute approximate surface area is 113 Å². The van der Waals surface area contributed by atoms with Gasteiger partial charge in [0.05, 0.1) is 18.8 Å². The zero-order chi connectivity index (χ0) is 12.6. The van der Waals surface area contributed by atoms with Crippen molar-refractivity contribution in [1.82, 2.24) is 5.32 Å². The molecule has 2 atom stereocenters. The summed E-state index contributed by atoms with van der Waals surface area (Å²) in [7, 11) is 0. The number of rotatable bonds is 8. The van der Waals surface area contributed by atoms with Gasteiger partial charge in [0, 0.05) is 31.0 Å². The van der Waals surface area contributed by atoms with Crippen LogP contribution >= 0.6 is 11.3 Å². The minimum absolute atomic E-state index is 0.270. The summed E-state index contributed by atoms with van der Waals surface area (Å²) < 4.78 is 11.3. The van der Waals surface area contributed by atoms with Crippen molar-refractivity contribution in [3.8, 4) is 0 Å². The third kappa shape index (κ3) is 5.06. The predicted octanol–water partition coefficient (Wildman–Crippen LogP) is 2.46. The maximum absolute atomic E-state index is 5.78. The number of hydrogen-bond donors (Lipinski definition) is 1. The van der Waals surface area contributed by atoms with Gasteiger partial charge in [-0.25, -0.2) is 0 Å². The lowest BCUT2D eigenvalue weighted by atomic mass is 10.2. The Morgan fingerprint density at radius 1 is 1.61 bits per heavy atom. The Kier molecular flexibility index (Phi) is 6.14. The molecular weight excluding hydrogens is 246 g/mol. The van der Waals surface area contributed by atoms with E-state index in [1.165, 1.54) is 17.7 Å². The number of thiophene rings is 1. The van der Waals surface area contributed by atoms with Crippen molar-refractivity contribution < 1.29 is 9.47 Å². The van der Waals surface area contributed by atoms with Gasteiger partial charge in [-0.05, 0) is 31.2 Å². The van der Waals surface area contributed by atoms with Crippen LogP contribution < -0.4 is 5.32 Å². The molecule has 2 unspecified atom stereocenters. The first kappa shape index (κ1) is 14.0. The molecule has 0 radical (unpaired) electrons. The molecule has 1 fully saturated rings. The molecule has 3 nitrogen and oxygen atoms in total. The van der Waals surface area contributed by atoms with Crippen LogP contribution in [0.25, 0.3) is 0 Å². The van der Waals surface area contributed by atoms with E-state index in [0.29, 0.717) is 6.10 Å². The van der Waals surface area contributed by atoms with E-state index in [1.54, 1.807) is 11.3 Å². The van der Waals surface area contributed by atoms with Crippen LogP contribution in [-0.4, -0.2) is 38.5 Å². The fourth-order valence-corrected chi connectivity index (χ4v) is 2.82. The van der Waals surface area contributed by atoms with Gasteiger partial charge in [-0.1, -0.05) is 6.07 Å². The molecule has 102 valence electrons. The van der Waals surface area contributed by atoms with E-state index in [1.807, 2.05) is 0 Å². The summed E-state index contributed by atoms with van der Waals surface area (Å²) in [5, 5.41) is 5.54. The summed E-state index contributed by atoms with van der Waals surface area (Å²) in [5.41, 5.74) is 0. The first-order valence-corrected chi connectivity index (χ1v) is 7.69. The van der Waals surface area contributed by atoms with E-state index in [-0.39, 0.29) is 6.10 Å². The van der Waals surface area contributed by atoms with E-state index in [9.17, 15) is 0 Å². The summed E-state index contributed by atoms with van der Waals surface area (Å²) in [4.78, 5) is 1.40. The van der Waals surface area contributed by atoms with Crippen molar-refractivity contribution >= 4 is 11.3 Å². The predicted molar refractivity (Wildman–Crippen MR) is 75.3 cm³/mol. The Morgan fingerprint density at radius 3 is 3.28 bits per heavy atom. The summed E-state index contributed by atoms with van der Waals surface area (Å²) in [5.74, 6) is 0. The fourth-order valence-electron chi connectivity index (χ4n) is 2.13. The molecule has 2 heterocycles.